The Kier molecular flexibility index (Phi) is 2.78. The van der Waals surface area contributed by atoms with Crippen LogP contribution in [0.25, 0.3) is 0 Å². The summed E-state index contributed by atoms with van der Waals surface area (Å²) in [5, 5.41) is 2.20. The zero-order chi connectivity index (χ0) is 12.7. The number of anilines is 2. The lowest BCUT2D eigenvalue weighted by Gasteiger charge is -2.30. The number of fused-ring (bicyclic) bond motifs is 1. The number of nitrogens with zero attached hydrogens (tertiary/aromatic N) is 1. The van der Waals surface area contributed by atoms with E-state index in [2.05, 4.69) is 42.3 Å². The van der Waals surface area contributed by atoms with Crippen LogP contribution in [-0.4, -0.2) is 6.54 Å². The van der Waals surface area contributed by atoms with Crippen LogP contribution in [0.2, 0.25) is 0 Å². The van der Waals surface area contributed by atoms with Crippen molar-refractivity contribution in [3.63, 3.8) is 0 Å². The zero-order valence-electron chi connectivity index (χ0n) is 10.9. The number of rotatable bonds is 1. The first-order chi connectivity index (χ1) is 8.65. The van der Waals surface area contributed by atoms with E-state index in [0.717, 1.165) is 25.2 Å². The molecule has 2 heterocycles. The van der Waals surface area contributed by atoms with Crippen LogP contribution in [0.1, 0.15) is 21.6 Å². The van der Waals surface area contributed by atoms with E-state index in [9.17, 15) is 0 Å². The van der Waals surface area contributed by atoms with Gasteiger partial charge in [0.15, 0.2) is 0 Å². The molecule has 1 aliphatic heterocycles. The molecule has 0 saturated heterocycles. The molecular weight excluding hydrogens is 240 g/mol. The highest BCUT2D eigenvalue weighted by Gasteiger charge is 2.18. The maximum absolute atomic E-state index is 6.02. The van der Waals surface area contributed by atoms with E-state index in [0.29, 0.717) is 0 Å². The minimum atomic E-state index is 0.923. The van der Waals surface area contributed by atoms with Crippen LogP contribution in [0, 0.1) is 13.8 Å². The molecule has 1 aliphatic rings. The summed E-state index contributed by atoms with van der Waals surface area (Å²) in [6, 6.07) is 6.67. The smallest absolute Gasteiger partial charge is 0.0440 e. The van der Waals surface area contributed by atoms with Crippen LogP contribution in [0.4, 0.5) is 11.4 Å². The molecule has 3 heteroatoms. The molecule has 0 spiro atoms. The molecule has 0 unspecified atom stereocenters. The van der Waals surface area contributed by atoms with Gasteiger partial charge in [-0.2, -0.15) is 0 Å². The number of hydrogen-bond acceptors (Lipinski definition) is 3. The van der Waals surface area contributed by atoms with Gasteiger partial charge < -0.3 is 10.6 Å². The third kappa shape index (κ3) is 1.89. The van der Waals surface area contributed by atoms with Crippen LogP contribution in [0.3, 0.4) is 0 Å². The summed E-state index contributed by atoms with van der Waals surface area (Å²) in [5.74, 6) is 0. The third-order valence-electron chi connectivity index (χ3n) is 3.75. The predicted octanol–water partition coefficient (Wildman–Crippen LogP) is 3.51. The van der Waals surface area contributed by atoms with Gasteiger partial charge >= 0.3 is 0 Å². The predicted molar refractivity (Wildman–Crippen MR) is 79.4 cm³/mol. The lowest BCUT2D eigenvalue weighted by molar-refractivity contribution is 0.743. The quantitative estimate of drug-likeness (QED) is 0.793. The summed E-state index contributed by atoms with van der Waals surface area (Å²) in [4.78, 5) is 4.00. The van der Waals surface area contributed by atoms with Crippen LogP contribution in [0.15, 0.2) is 23.6 Å². The lowest BCUT2D eigenvalue weighted by atomic mass is 10.0. The minimum absolute atomic E-state index is 0.923. The van der Waals surface area contributed by atoms with Gasteiger partial charge in [-0.15, -0.1) is 11.3 Å². The molecule has 2 nitrogen and oxygen atoms in total. The summed E-state index contributed by atoms with van der Waals surface area (Å²) in [6.07, 6.45) is 1.16. The Morgan fingerprint density at radius 3 is 2.67 bits per heavy atom. The first-order valence-corrected chi connectivity index (χ1v) is 7.20. The molecule has 3 rings (SSSR count). The van der Waals surface area contributed by atoms with Crippen molar-refractivity contribution in [1.82, 2.24) is 0 Å². The highest BCUT2D eigenvalue weighted by Crippen LogP contribution is 2.30. The average molecular weight is 258 g/mol. The van der Waals surface area contributed by atoms with E-state index >= 15 is 0 Å². The first kappa shape index (κ1) is 11.6. The zero-order valence-corrected chi connectivity index (χ0v) is 11.7. The monoisotopic (exact) mass is 258 g/mol. The summed E-state index contributed by atoms with van der Waals surface area (Å²) in [7, 11) is 0. The van der Waals surface area contributed by atoms with E-state index in [-0.39, 0.29) is 0 Å². The maximum atomic E-state index is 6.02. The van der Waals surface area contributed by atoms with Crippen molar-refractivity contribution >= 4 is 22.7 Å². The van der Waals surface area contributed by atoms with Gasteiger partial charge in [-0.25, -0.2) is 0 Å². The number of thiophene rings is 1. The van der Waals surface area contributed by atoms with Gasteiger partial charge in [0.25, 0.3) is 0 Å². The van der Waals surface area contributed by atoms with Crippen molar-refractivity contribution < 1.29 is 0 Å². The fourth-order valence-corrected chi connectivity index (χ4v) is 3.49. The molecule has 1 aromatic heterocycles. The molecule has 0 bridgehead atoms. The van der Waals surface area contributed by atoms with Crippen LogP contribution in [0.5, 0.6) is 0 Å². The normalized spacial score (nSPS) is 14.7. The van der Waals surface area contributed by atoms with Gasteiger partial charge in [-0.1, -0.05) is 0 Å². The Morgan fingerprint density at radius 1 is 1.22 bits per heavy atom. The van der Waals surface area contributed by atoms with E-state index in [4.69, 9.17) is 5.73 Å². The Labute approximate surface area is 112 Å². The molecule has 0 radical (unpaired) electrons. The maximum Gasteiger partial charge on any atom is 0.0440 e. The molecule has 2 aromatic rings. The second-order valence-corrected chi connectivity index (χ2v) is 6.03. The van der Waals surface area contributed by atoms with Crippen molar-refractivity contribution in [3.05, 3.63) is 45.1 Å². The molecule has 0 saturated carbocycles. The van der Waals surface area contributed by atoms with E-state index < -0.39 is 0 Å². The van der Waals surface area contributed by atoms with Gasteiger partial charge in [0.1, 0.15) is 0 Å². The number of aryl methyl sites for hydroxylation is 2. The summed E-state index contributed by atoms with van der Waals surface area (Å²) >= 11 is 1.88. The van der Waals surface area contributed by atoms with Gasteiger partial charge in [-0.3, -0.25) is 0 Å². The first-order valence-electron chi connectivity index (χ1n) is 6.32. The van der Waals surface area contributed by atoms with Gasteiger partial charge in [-0.05, 0) is 60.5 Å². The van der Waals surface area contributed by atoms with Crippen LogP contribution < -0.4 is 10.6 Å². The van der Waals surface area contributed by atoms with Gasteiger partial charge in [0, 0.05) is 29.3 Å². The van der Waals surface area contributed by atoms with E-state index in [1.165, 1.54) is 22.4 Å². The molecule has 94 valence electrons. The number of nitrogen functional groups attached to an aromatic ring is 1. The average Bonchev–Trinajstić information content (AvgIpc) is 2.82. The second-order valence-electron chi connectivity index (χ2n) is 5.03. The Balaban J connectivity index is 1.93. The highest BCUT2D eigenvalue weighted by molar-refractivity contribution is 7.10. The molecule has 0 amide bonds. The number of benzene rings is 1. The van der Waals surface area contributed by atoms with Crippen molar-refractivity contribution in [1.29, 1.82) is 0 Å². The van der Waals surface area contributed by atoms with E-state index in [1.807, 2.05) is 11.3 Å². The van der Waals surface area contributed by atoms with Crippen LogP contribution in [-0.2, 0) is 13.0 Å². The molecule has 0 fully saturated rings. The largest absolute Gasteiger partial charge is 0.398 e. The molecule has 2 N–H and O–H groups in total. The fraction of sp³-hybridized carbons (Fsp3) is 0.333. The van der Waals surface area contributed by atoms with Gasteiger partial charge in [0.05, 0.1) is 0 Å². The number of nitrogens with two attached hydrogens (primary N) is 1. The Morgan fingerprint density at radius 2 is 1.94 bits per heavy atom. The third-order valence-corrected chi connectivity index (χ3v) is 4.77. The SMILES string of the molecule is Cc1cc(N2CCc3sccc3C2)cc(C)c1N. The minimum Gasteiger partial charge on any atom is -0.398 e. The Bertz CT molecular complexity index is 563. The molecule has 1 aromatic carbocycles. The topological polar surface area (TPSA) is 29.3 Å². The second kappa shape index (κ2) is 4.32. The highest BCUT2D eigenvalue weighted by atomic mass is 32.1. The van der Waals surface area contributed by atoms with Crippen molar-refractivity contribution in [2.45, 2.75) is 26.8 Å². The molecular formula is C15H18N2S. The van der Waals surface area contributed by atoms with Gasteiger partial charge in [0.2, 0.25) is 0 Å². The summed E-state index contributed by atoms with van der Waals surface area (Å²) in [6.45, 7) is 6.32. The van der Waals surface area contributed by atoms with Crippen molar-refractivity contribution in [2.24, 2.45) is 0 Å². The lowest BCUT2D eigenvalue weighted by Crippen LogP contribution is -2.29. The standard InChI is InChI=1S/C15H18N2S/c1-10-7-13(8-11(2)15(10)16)17-5-3-14-12(9-17)4-6-18-14/h4,6-8H,3,5,9,16H2,1-2H3. The summed E-state index contributed by atoms with van der Waals surface area (Å²) in [5.41, 5.74) is 12.1. The van der Waals surface area contributed by atoms with E-state index in [1.54, 1.807) is 4.88 Å². The van der Waals surface area contributed by atoms with Crippen LogP contribution >= 0.6 is 11.3 Å². The van der Waals surface area contributed by atoms with Crippen molar-refractivity contribution in [3.8, 4) is 0 Å². The summed E-state index contributed by atoms with van der Waals surface area (Å²) < 4.78 is 0. The number of hydrogen-bond donors (Lipinski definition) is 1. The van der Waals surface area contributed by atoms with Crippen molar-refractivity contribution in [2.75, 3.05) is 17.2 Å². The molecule has 18 heavy (non-hydrogen) atoms. The fourth-order valence-electron chi connectivity index (χ4n) is 2.60. The Hall–Kier alpha value is -1.48. The molecule has 0 atom stereocenters. The molecule has 0 aliphatic carbocycles.